The zero-order valence-corrected chi connectivity index (χ0v) is 17.7. The Hall–Kier alpha value is -2.67. The summed E-state index contributed by atoms with van der Waals surface area (Å²) in [6.45, 7) is 11.2. The number of benzene rings is 1. The zero-order valence-electron chi connectivity index (χ0n) is 16.9. The highest BCUT2D eigenvalue weighted by Gasteiger charge is 2.31. The van der Waals surface area contributed by atoms with E-state index in [2.05, 4.69) is 10.2 Å². The van der Waals surface area contributed by atoms with E-state index in [0.717, 1.165) is 24.2 Å². The molecule has 1 aliphatic rings. The lowest BCUT2D eigenvalue weighted by Crippen LogP contribution is -2.31. The van der Waals surface area contributed by atoms with E-state index in [1.165, 1.54) is 0 Å². The molecule has 0 radical (unpaired) electrons. The first kappa shape index (κ1) is 20.1. The summed E-state index contributed by atoms with van der Waals surface area (Å²) in [6, 6.07) is 8.51. The first-order valence-corrected chi connectivity index (χ1v) is 10.8. The molecule has 0 unspecified atom stereocenters. The van der Waals surface area contributed by atoms with E-state index in [-0.39, 0.29) is 15.7 Å². The fraction of sp³-hybridized carbons (Fsp3) is 0.333. The molecule has 1 aromatic heterocycles. The van der Waals surface area contributed by atoms with Crippen molar-refractivity contribution >= 4 is 26.8 Å². The van der Waals surface area contributed by atoms with Crippen molar-refractivity contribution in [3.63, 3.8) is 0 Å². The maximum absolute atomic E-state index is 13.3. The summed E-state index contributed by atoms with van der Waals surface area (Å²) >= 11 is 0. The van der Waals surface area contributed by atoms with Crippen LogP contribution in [0.15, 0.2) is 55.4 Å². The van der Waals surface area contributed by atoms with Gasteiger partial charge in [0.15, 0.2) is 11.6 Å². The molecule has 7 heteroatoms. The van der Waals surface area contributed by atoms with Gasteiger partial charge in [0.25, 0.3) is 0 Å². The molecule has 0 spiro atoms. The van der Waals surface area contributed by atoms with Gasteiger partial charge in [0, 0.05) is 18.7 Å². The van der Waals surface area contributed by atoms with Gasteiger partial charge in [0.1, 0.15) is 5.76 Å². The summed E-state index contributed by atoms with van der Waals surface area (Å²) in [4.78, 5) is 2.21. The molecule has 0 aliphatic carbocycles. The largest absolute Gasteiger partial charge is 0.458 e. The molecule has 1 aromatic carbocycles. The minimum atomic E-state index is -3.90. The van der Waals surface area contributed by atoms with Crippen LogP contribution in [0.3, 0.4) is 0 Å². The van der Waals surface area contributed by atoms with Crippen LogP contribution in [0.5, 0.6) is 0 Å². The normalized spacial score (nSPS) is 20.0. The molecule has 0 N–H and O–H groups in total. The molecule has 0 bridgehead atoms. The second-order valence-corrected chi connectivity index (χ2v) is 8.65. The summed E-state index contributed by atoms with van der Waals surface area (Å²) in [7, 11) is -3.90. The highest BCUT2D eigenvalue weighted by molar-refractivity contribution is 8.07. The number of amidine groups is 1. The minimum Gasteiger partial charge on any atom is -0.458 e. The van der Waals surface area contributed by atoms with E-state index in [1.54, 1.807) is 31.2 Å². The third-order valence-electron chi connectivity index (χ3n) is 4.69. The number of sulfone groups is 1. The van der Waals surface area contributed by atoms with Crippen molar-refractivity contribution in [2.75, 3.05) is 13.1 Å². The van der Waals surface area contributed by atoms with Gasteiger partial charge in [-0.2, -0.15) is 0 Å². The van der Waals surface area contributed by atoms with E-state index >= 15 is 0 Å². The van der Waals surface area contributed by atoms with Crippen LogP contribution in [-0.2, 0) is 9.84 Å². The summed E-state index contributed by atoms with van der Waals surface area (Å²) in [5.74, 6) is 1.50. The molecule has 0 atom stereocenters. The van der Waals surface area contributed by atoms with Gasteiger partial charge >= 0.3 is 0 Å². The van der Waals surface area contributed by atoms with E-state index in [4.69, 9.17) is 4.42 Å². The molecule has 6 nitrogen and oxygen atoms in total. The van der Waals surface area contributed by atoms with Crippen molar-refractivity contribution in [1.82, 2.24) is 4.90 Å². The van der Waals surface area contributed by atoms with Gasteiger partial charge in [-0.15, -0.1) is 10.2 Å². The molecule has 3 rings (SSSR count). The van der Waals surface area contributed by atoms with E-state index in [9.17, 15) is 8.42 Å². The van der Waals surface area contributed by atoms with E-state index < -0.39 is 9.84 Å². The maximum Gasteiger partial charge on any atom is 0.229 e. The number of hydrogen-bond donors (Lipinski definition) is 0. The third kappa shape index (κ3) is 3.67. The fourth-order valence-corrected chi connectivity index (χ4v) is 4.43. The first-order valence-electron chi connectivity index (χ1n) is 9.29. The van der Waals surface area contributed by atoms with Crippen LogP contribution in [0.25, 0.3) is 6.08 Å². The molecule has 0 amide bonds. The molecule has 148 valence electrons. The quantitative estimate of drug-likeness (QED) is 0.776. The Morgan fingerprint density at radius 1 is 1.00 bits per heavy atom. The lowest BCUT2D eigenvalue weighted by molar-refractivity contribution is 0.464. The van der Waals surface area contributed by atoms with Crippen molar-refractivity contribution in [3.05, 3.63) is 58.6 Å². The number of furan rings is 1. The Morgan fingerprint density at radius 3 is 2.25 bits per heavy atom. The predicted molar refractivity (Wildman–Crippen MR) is 112 cm³/mol. The Balaban J connectivity index is 2.24. The number of nitrogens with zero attached hydrogens (tertiary/aromatic N) is 3. The van der Waals surface area contributed by atoms with Crippen LogP contribution in [-0.4, -0.2) is 37.3 Å². The van der Waals surface area contributed by atoms with Gasteiger partial charge in [0.05, 0.1) is 4.90 Å². The molecule has 0 saturated carbocycles. The fourth-order valence-electron chi connectivity index (χ4n) is 3.16. The molecular weight excluding hydrogens is 374 g/mol. The summed E-state index contributed by atoms with van der Waals surface area (Å²) < 4.78 is 32.4. The van der Waals surface area contributed by atoms with Crippen molar-refractivity contribution < 1.29 is 12.8 Å². The Morgan fingerprint density at radius 2 is 1.64 bits per heavy atom. The monoisotopic (exact) mass is 399 g/mol. The van der Waals surface area contributed by atoms with Gasteiger partial charge in [-0.05, 0) is 64.5 Å². The minimum absolute atomic E-state index is 0.165. The smallest absolute Gasteiger partial charge is 0.229 e. The molecule has 2 aromatic rings. The highest BCUT2D eigenvalue weighted by atomic mass is 32.2. The number of likely N-dealkylation sites (N-methyl/N-ethyl adjacent to an activating group) is 1. The number of fused-ring (bicyclic) bond motifs is 1. The average molecular weight is 400 g/mol. The lowest BCUT2D eigenvalue weighted by atomic mass is 10.1. The second kappa shape index (κ2) is 7.75. The van der Waals surface area contributed by atoms with Gasteiger partial charge in [-0.25, -0.2) is 8.42 Å². The summed E-state index contributed by atoms with van der Waals surface area (Å²) in [5.41, 5.74) is 2.57. The van der Waals surface area contributed by atoms with Crippen LogP contribution in [0.2, 0.25) is 0 Å². The Kier molecular flexibility index (Phi) is 5.56. The van der Waals surface area contributed by atoms with Crippen molar-refractivity contribution in [2.24, 2.45) is 10.2 Å². The van der Waals surface area contributed by atoms with E-state index in [1.807, 2.05) is 44.7 Å². The predicted octanol–water partition coefficient (Wildman–Crippen LogP) is 4.19. The molecule has 0 saturated heterocycles. The molecule has 28 heavy (non-hydrogen) atoms. The van der Waals surface area contributed by atoms with Crippen molar-refractivity contribution in [3.8, 4) is 0 Å². The van der Waals surface area contributed by atoms with Gasteiger partial charge in [-0.1, -0.05) is 17.7 Å². The summed E-state index contributed by atoms with van der Waals surface area (Å²) in [5, 5.41) is 8.35. The average Bonchev–Trinajstić information content (AvgIpc) is 2.99. The molecular formula is C21H25N3O3S. The van der Waals surface area contributed by atoms with Crippen LogP contribution >= 0.6 is 0 Å². The topological polar surface area (TPSA) is 75.2 Å². The maximum atomic E-state index is 13.3. The molecule has 0 fully saturated rings. The SMILES string of the molecule is CCN(CC)C1=N/N=C(/S(=O)(=O)c2ccc(C)cc2)c2oc(C)cc2/C=C\1C. The number of hydrogen-bond acceptors (Lipinski definition) is 6. The number of rotatable bonds is 3. The highest BCUT2D eigenvalue weighted by Crippen LogP contribution is 2.27. The Labute approximate surface area is 166 Å². The third-order valence-corrected chi connectivity index (χ3v) is 6.36. The van der Waals surface area contributed by atoms with Crippen molar-refractivity contribution in [1.29, 1.82) is 0 Å². The zero-order chi connectivity index (χ0) is 20.5. The van der Waals surface area contributed by atoms with Crippen LogP contribution in [0, 0.1) is 13.8 Å². The van der Waals surface area contributed by atoms with Gasteiger partial charge in [0.2, 0.25) is 14.9 Å². The van der Waals surface area contributed by atoms with Gasteiger partial charge in [-0.3, -0.25) is 0 Å². The first-order chi connectivity index (χ1) is 13.3. The van der Waals surface area contributed by atoms with Gasteiger partial charge < -0.3 is 9.32 Å². The number of aryl methyl sites for hydroxylation is 2. The van der Waals surface area contributed by atoms with Crippen LogP contribution in [0.1, 0.15) is 43.4 Å². The molecule has 1 aliphatic heterocycles. The lowest BCUT2D eigenvalue weighted by Gasteiger charge is -2.23. The van der Waals surface area contributed by atoms with E-state index in [0.29, 0.717) is 17.2 Å². The Bertz CT molecular complexity index is 1070. The van der Waals surface area contributed by atoms with Crippen LogP contribution in [0.4, 0.5) is 0 Å². The van der Waals surface area contributed by atoms with Crippen molar-refractivity contribution in [2.45, 2.75) is 39.5 Å². The molecule has 2 heterocycles. The standard InChI is InChI=1S/C21H25N3O3S/c1-6-24(7-2)20-15(4)12-17-13-16(5)27-19(17)21(23-22-20)28(25,26)18-10-8-14(3)9-11-18/h8-13H,6-7H2,1-5H3/b15-12-,17-12?,20-15?,21-19?,22-20+,23-21+,23-22?. The van der Waals surface area contributed by atoms with Crippen LogP contribution < -0.4 is 0 Å². The summed E-state index contributed by atoms with van der Waals surface area (Å²) in [6.07, 6.45) is 1.91. The second-order valence-electron chi connectivity index (χ2n) is 6.79.